The number of rotatable bonds is 51. The smallest absolute Gasteiger partial charge is 0.305 e. The molecule has 2 aliphatic heterocycles. The molecule has 0 aliphatic carbocycles. The van der Waals surface area contributed by atoms with Gasteiger partial charge >= 0.3 is 5.97 Å². The fourth-order valence-electron chi connectivity index (χ4n) is 7.36. The molecule has 0 aromatic heterocycles. The zero-order chi connectivity index (χ0) is 52.9. The van der Waals surface area contributed by atoms with Crippen LogP contribution in [0.2, 0.25) is 0 Å². The summed E-state index contributed by atoms with van der Waals surface area (Å²) in [4.78, 5) is 75.4. The Morgan fingerprint density at radius 1 is 0.500 bits per heavy atom. The number of anilines is 1. The zero-order valence-corrected chi connectivity index (χ0v) is 43.9. The van der Waals surface area contributed by atoms with Gasteiger partial charge in [0, 0.05) is 25.9 Å². The van der Waals surface area contributed by atoms with Crippen molar-refractivity contribution in [3.05, 3.63) is 29.3 Å². The molecule has 0 spiro atoms. The van der Waals surface area contributed by atoms with E-state index in [4.69, 9.17) is 61.6 Å². The maximum Gasteiger partial charge on any atom is 0.305 e. The van der Waals surface area contributed by atoms with E-state index in [-0.39, 0.29) is 54.6 Å². The van der Waals surface area contributed by atoms with Crippen LogP contribution in [-0.2, 0) is 80.8 Å². The number of nitrogens with one attached hydrogen (secondary N) is 2. The highest BCUT2D eigenvalue weighted by Crippen LogP contribution is 2.32. The number of hydrogen-bond acceptors (Lipinski definition) is 19. The van der Waals surface area contributed by atoms with Crippen LogP contribution in [0.1, 0.15) is 111 Å². The number of benzene rings is 1. The first-order valence-corrected chi connectivity index (χ1v) is 26.6. The van der Waals surface area contributed by atoms with E-state index >= 15 is 0 Å². The van der Waals surface area contributed by atoms with E-state index < -0.39 is 29.7 Å². The topological polar surface area (TPSA) is 250 Å². The number of hydrogen-bond donors (Lipinski definition) is 2. The summed E-state index contributed by atoms with van der Waals surface area (Å²) in [5.74, 6) is -2.89. The van der Waals surface area contributed by atoms with Crippen molar-refractivity contribution in [2.75, 3.05) is 170 Å². The molecule has 1 saturated heterocycles. The van der Waals surface area contributed by atoms with Crippen LogP contribution >= 0.6 is 0 Å². The molecular weight excluding hydrogens is 971 g/mol. The van der Waals surface area contributed by atoms with Gasteiger partial charge in [-0.25, -0.2) is 0 Å². The van der Waals surface area contributed by atoms with Crippen LogP contribution in [0.5, 0.6) is 0 Å². The summed E-state index contributed by atoms with van der Waals surface area (Å²) in [6.45, 7) is 13.4. The van der Waals surface area contributed by atoms with Crippen LogP contribution in [-0.4, -0.2) is 212 Å². The summed E-state index contributed by atoms with van der Waals surface area (Å²) >= 11 is 0. The monoisotopic (exact) mass is 1060 g/mol. The van der Waals surface area contributed by atoms with Crippen LogP contribution in [0.3, 0.4) is 0 Å². The molecule has 1 fully saturated rings. The first-order chi connectivity index (χ1) is 36.3. The summed E-state index contributed by atoms with van der Waals surface area (Å²) < 4.78 is 71.3. The minimum atomic E-state index is -1.08. The third-order valence-corrected chi connectivity index (χ3v) is 11.3. The van der Waals surface area contributed by atoms with Gasteiger partial charge < -0.3 is 66.9 Å². The Labute approximate surface area is 437 Å². The average Bonchev–Trinajstić information content (AvgIpc) is 3.64. The Balaban J connectivity index is 0.937. The lowest BCUT2D eigenvalue weighted by Crippen LogP contribution is -2.54. The third-order valence-electron chi connectivity index (χ3n) is 11.3. The van der Waals surface area contributed by atoms with Gasteiger partial charge in [0.25, 0.3) is 11.8 Å². The molecule has 74 heavy (non-hydrogen) atoms. The van der Waals surface area contributed by atoms with E-state index in [0.29, 0.717) is 171 Å². The van der Waals surface area contributed by atoms with Gasteiger partial charge in [0.1, 0.15) is 12.6 Å². The van der Waals surface area contributed by atoms with Crippen molar-refractivity contribution in [1.82, 2.24) is 10.2 Å². The predicted octanol–water partition coefficient (Wildman–Crippen LogP) is 4.08. The summed E-state index contributed by atoms with van der Waals surface area (Å²) in [5, 5.41) is 4.91. The molecule has 3 rings (SSSR count). The molecule has 2 heterocycles. The van der Waals surface area contributed by atoms with Crippen molar-refractivity contribution in [3.63, 3.8) is 0 Å². The van der Waals surface area contributed by atoms with Crippen molar-refractivity contribution >= 4 is 41.2 Å². The number of esters is 1. The normalized spacial score (nSPS) is 14.5. The Bertz CT molecular complexity index is 1690. The van der Waals surface area contributed by atoms with Crippen LogP contribution in [0.15, 0.2) is 18.2 Å². The summed E-state index contributed by atoms with van der Waals surface area (Å²) in [7, 11) is 0. The maximum absolute atomic E-state index is 13.2. The number of nitrogens with zero attached hydrogens (tertiary/aromatic N) is 1. The van der Waals surface area contributed by atoms with E-state index in [0.717, 1.165) is 30.6 Å². The number of unbranched alkanes of at least 4 members (excludes halogenated alkanes) is 7. The maximum atomic E-state index is 13.2. The first kappa shape index (κ1) is 64.2. The number of imide groups is 2. The Hall–Kier alpha value is -4.04. The van der Waals surface area contributed by atoms with E-state index in [1.165, 1.54) is 31.7 Å². The highest BCUT2D eigenvalue weighted by Gasteiger charge is 2.45. The highest BCUT2D eigenvalue weighted by atomic mass is 16.6. The highest BCUT2D eigenvalue weighted by molar-refractivity contribution is 6.26. The fourth-order valence-corrected chi connectivity index (χ4v) is 7.36. The summed E-state index contributed by atoms with van der Waals surface area (Å²) in [5.41, 5.74) is 0.371. The second-order valence-corrected chi connectivity index (χ2v) is 17.1. The molecule has 422 valence electrons. The van der Waals surface area contributed by atoms with E-state index in [2.05, 4.69) is 17.6 Å². The van der Waals surface area contributed by atoms with Crippen molar-refractivity contribution < 1.29 is 90.3 Å². The minimum Gasteiger partial charge on any atom is -0.463 e. The fraction of sp³-hybridized carbons (Fsp3) is 0.769. The summed E-state index contributed by atoms with van der Waals surface area (Å²) in [6, 6.07) is 3.52. The Kier molecular flexibility index (Phi) is 38.3. The van der Waals surface area contributed by atoms with Gasteiger partial charge in [-0.1, -0.05) is 51.5 Å². The lowest BCUT2D eigenvalue weighted by atomic mass is 10.0. The standard InChI is InChI=1S/C52H85N3O19/c1-2-3-4-5-6-9-15-48(58)74-42-41-73-40-39-72-38-37-71-36-35-70-34-33-69-32-31-68-30-29-67-28-27-66-26-25-65-24-23-64-22-21-63-20-19-62-18-10-7-8-14-46(56)53-44-13-11-12-43-49(44)52(61)55(51(43)60)45-16-17-47(57)54-50(45)59/h11-13,45H,2-10,14-42H2,1H3,(H,53,56)(H,54,57,59). The molecule has 5 amide bonds. The number of carbonyl (C=O) groups is 6. The van der Waals surface area contributed by atoms with Gasteiger partial charge in [-0.3, -0.25) is 39.0 Å². The second kappa shape index (κ2) is 44.1. The third kappa shape index (κ3) is 30.5. The van der Waals surface area contributed by atoms with Gasteiger partial charge in [0.05, 0.1) is 169 Å². The number of ether oxygens (including phenoxy) is 13. The lowest BCUT2D eigenvalue weighted by molar-refractivity contribution is -0.145. The zero-order valence-electron chi connectivity index (χ0n) is 43.9. The van der Waals surface area contributed by atoms with Crippen LogP contribution in [0.25, 0.3) is 0 Å². The first-order valence-electron chi connectivity index (χ1n) is 26.6. The largest absolute Gasteiger partial charge is 0.463 e. The molecule has 0 radical (unpaired) electrons. The molecular formula is C52H85N3O19. The van der Waals surface area contributed by atoms with Gasteiger partial charge in [0.15, 0.2) is 0 Å². The van der Waals surface area contributed by atoms with Crippen molar-refractivity contribution in [1.29, 1.82) is 0 Å². The molecule has 1 aromatic carbocycles. The van der Waals surface area contributed by atoms with Gasteiger partial charge in [-0.15, -0.1) is 0 Å². The van der Waals surface area contributed by atoms with Gasteiger partial charge in [-0.2, -0.15) is 0 Å². The molecule has 22 heteroatoms. The van der Waals surface area contributed by atoms with Crippen molar-refractivity contribution in [3.8, 4) is 0 Å². The molecule has 0 saturated carbocycles. The quantitative estimate of drug-likeness (QED) is 0.0530. The Morgan fingerprint density at radius 2 is 0.905 bits per heavy atom. The molecule has 2 N–H and O–H groups in total. The molecule has 1 atom stereocenters. The second-order valence-electron chi connectivity index (χ2n) is 17.1. The van der Waals surface area contributed by atoms with Gasteiger partial charge in [0.2, 0.25) is 17.7 Å². The van der Waals surface area contributed by atoms with Crippen molar-refractivity contribution in [2.45, 2.75) is 96.4 Å². The number of amides is 5. The number of piperidine rings is 1. The van der Waals surface area contributed by atoms with Crippen LogP contribution < -0.4 is 10.6 Å². The lowest BCUT2D eigenvalue weighted by Gasteiger charge is -2.27. The molecule has 2 aliphatic rings. The minimum absolute atomic E-state index is 0.0243. The van der Waals surface area contributed by atoms with E-state index in [1.54, 1.807) is 12.1 Å². The SMILES string of the molecule is CCCCCCCCC(=O)OCCOCCOCCOCCOCCOCCOCCOCCOCCOCCOCCOCCOCCCCCC(=O)Nc1cccc2c1C(=O)N(C1CCC(=O)NC1=O)C2=O. The molecule has 0 bridgehead atoms. The molecule has 22 nitrogen and oxygen atoms in total. The summed E-state index contributed by atoms with van der Waals surface area (Å²) in [6.07, 6.45) is 9.76. The molecule has 1 aromatic rings. The average molecular weight is 1060 g/mol. The number of carbonyl (C=O) groups excluding carboxylic acids is 6. The van der Waals surface area contributed by atoms with Crippen LogP contribution in [0, 0.1) is 0 Å². The van der Waals surface area contributed by atoms with Gasteiger partial charge in [-0.05, 0) is 37.8 Å². The van der Waals surface area contributed by atoms with Crippen molar-refractivity contribution in [2.24, 2.45) is 0 Å². The Morgan fingerprint density at radius 3 is 1.36 bits per heavy atom. The number of fused-ring (bicyclic) bond motifs is 1. The van der Waals surface area contributed by atoms with Crippen LogP contribution in [0.4, 0.5) is 5.69 Å². The van der Waals surface area contributed by atoms with E-state index in [9.17, 15) is 28.8 Å². The molecule has 1 unspecified atom stereocenters. The predicted molar refractivity (Wildman–Crippen MR) is 269 cm³/mol. The van der Waals surface area contributed by atoms with E-state index in [1.807, 2.05) is 0 Å².